The second-order valence-corrected chi connectivity index (χ2v) is 10.7. The Kier molecular flexibility index (Phi) is 8.36. The van der Waals surface area contributed by atoms with Crippen LogP contribution in [0.25, 0.3) is 0 Å². The first-order chi connectivity index (χ1) is 20.6. The van der Waals surface area contributed by atoms with E-state index in [9.17, 15) is 9.59 Å². The van der Waals surface area contributed by atoms with Crippen molar-refractivity contribution in [3.63, 3.8) is 0 Å². The van der Waals surface area contributed by atoms with Crippen molar-refractivity contribution in [2.75, 3.05) is 49.3 Å². The molecule has 0 amide bonds. The number of ketones is 2. The molecule has 4 aromatic carbocycles. The van der Waals surface area contributed by atoms with Crippen LogP contribution in [-0.4, -0.2) is 60.9 Å². The van der Waals surface area contributed by atoms with Gasteiger partial charge in [-0.3, -0.25) is 19.4 Å². The molecule has 0 fully saturated rings. The maximum Gasteiger partial charge on any atom is 0.191 e. The lowest BCUT2D eigenvalue weighted by Gasteiger charge is -2.39. The van der Waals surface area contributed by atoms with Gasteiger partial charge in [-0.25, -0.2) is 0 Å². The molecule has 0 atom stereocenters. The molecule has 6 heteroatoms. The summed E-state index contributed by atoms with van der Waals surface area (Å²) in [4.78, 5) is 35.9. The van der Waals surface area contributed by atoms with Gasteiger partial charge in [-0.1, -0.05) is 97.1 Å². The molecule has 0 bridgehead atoms. The highest BCUT2D eigenvalue weighted by Crippen LogP contribution is 2.24. The molecular formula is C36H34N4O2. The molecule has 0 unspecified atom stereocenters. The Morgan fingerprint density at radius 1 is 0.476 bits per heavy atom. The molecule has 210 valence electrons. The first kappa shape index (κ1) is 27.4. The molecule has 2 heterocycles. The van der Waals surface area contributed by atoms with E-state index < -0.39 is 0 Å². The van der Waals surface area contributed by atoms with E-state index in [1.807, 2.05) is 109 Å². The highest BCUT2D eigenvalue weighted by Gasteiger charge is 2.27. The molecule has 0 radical (unpaired) electrons. The predicted octanol–water partition coefficient (Wildman–Crippen LogP) is 6.08. The number of hydrogen-bond acceptors (Lipinski definition) is 6. The van der Waals surface area contributed by atoms with Crippen LogP contribution in [0.4, 0.5) is 11.4 Å². The Labute approximate surface area is 247 Å². The summed E-state index contributed by atoms with van der Waals surface area (Å²) in [6.45, 7) is 3.99. The first-order valence-corrected chi connectivity index (χ1v) is 14.3. The molecule has 2 aliphatic rings. The van der Waals surface area contributed by atoms with Crippen molar-refractivity contribution in [2.45, 2.75) is 0 Å². The Hall–Kier alpha value is -4.78. The third-order valence-electron chi connectivity index (χ3n) is 7.68. The molecule has 2 aliphatic heterocycles. The number of carbonyl (C=O) groups is 2. The van der Waals surface area contributed by atoms with Gasteiger partial charge in [0.25, 0.3) is 0 Å². The smallest absolute Gasteiger partial charge is 0.191 e. The molecule has 0 spiro atoms. The number of para-hydroxylation sites is 2. The van der Waals surface area contributed by atoms with Crippen LogP contribution >= 0.6 is 0 Å². The van der Waals surface area contributed by atoms with E-state index in [-0.39, 0.29) is 11.6 Å². The minimum Gasteiger partial charge on any atom is -0.334 e. The molecule has 4 aromatic rings. The highest BCUT2D eigenvalue weighted by atomic mass is 16.1. The Morgan fingerprint density at radius 3 is 1.17 bits per heavy atom. The number of nitrogens with zero attached hydrogens (tertiary/aromatic N) is 4. The van der Waals surface area contributed by atoms with Crippen LogP contribution in [-0.2, 0) is 0 Å². The minimum atomic E-state index is 0.0492. The van der Waals surface area contributed by atoms with Gasteiger partial charge in [0.15, 0.2) is 11.6 Å². The monoisotopic (exact) mass is 554 g/mol. The van der Waals surface area contributed by atoms with Crippen molar-refractivity contribution in [1.29, 1.82) is 0 Å². The largest absolute Gasteiger partial charge is 0.334 e. The van der Waals surface area contributed by atoms with E-state index in [1.165, 1.54) is 0 Å². The van der Waals surface area contributed by atoms with Crippen LogP contribution < -0.4 is 9.80 Å². The molecule has 6 rings (SSSR count). The standard InChI is InChI=1S/C36H34N4O2/c41-35(29-13-5-1-6-14-29)31-23-37(27-39(25-31)33-17-9-3-10-18-33)21-22-38-24-32(36(42)30-15-7-2-8-16-30)26-40(28-38)34-19-11-4-12-20-34/h1-20,25-26H,21-24,27-28H2. The number of hydrogen-bond donors (Lipinski definition) is 0. The lowest BCUT2D eigenvalue weighted by molar-refractivity contribution is 0.0998. The summed E-state index contributed by atoms with van der Waals surface area (Å²) < 4.78 is 0. The van der Waals surface area contributed by atoms with E-state index in [2.05, 4.69) is 43.9 Å². The van der Waals surface area contributed by atoms with Gasteiger partial charge in [0.05, 0.1) is 13.3 Å². The van der Waals surface area contributed by atoms with Crippen molar-refractivity contribution in [3.05, 3.63) is 156 Å². The second-order valence-electron chi connectivity index (χ2n) is 10.7. The summed E-state index contributed by atoms with van der Waals surface area (Å²) in [5, 5.41) is 0. The number of anilines is 2. The average molecular weight is 555 g/mol. The molecule has 0 saturated heterocycles. The number of rotatable bonds is 9. The molecule has 0 aromatic heterocycles. The molecule has 6 nitrogen and oxygen atoms in total. The zero-order chi connectivity index (χ0) is 28.7. The summed E-state index contributed by atoms with van der Waals surface area (Å²) in [6.07, 6.45) is 4.00. The quantitative estimate of drug-likeness (QED) is 0.234. The van der Waals surface area contributed by atoms with Crippen LogP contribution in [0.2, 0.25) is 0 Å². The summed E-state index contributed by atoms with van der Waals surface area (Å²) in [7, 11) is 0. The highest BCUT2D eigenvalue weighted by molar-refractivity contribution is 6.10. The topological polar surface area (TPSA) is 47.1 Å². The Bertz CT molecular complexity index is 1450. The summed E-state index contributed by atoms with van der Waals surface area (Å²) in [5.74, 6) is 0.0984. The SMILES string of the molecule is O=C(C1=CN(c2ccccc2)CN(CCN2CC(C(=O)c3ccccc3)=CN(c3ccccc3)C2)C1)c1ccccc1. The van der Waals surface area contributed by atoms with Crippen LogP contribution in [0.15, 0.2) is 145 Å². The zero-order valence-electron chi connectivity index (χ0n) is 23.5. The molecule has 0 aliphatic carbocycles. The Morgan fingerprint density at radius 2 is 0.810 bits per heavy atom. The summed E-state index contributed by atoms with van der Waals surface area (Å²) >= 11 is 0. The Balaban J connectivity index is 1.21. The minimum absolute atomic E-state index is 0.0492. The van der Waals surface area contributed by atoms with Gasteiger partial charge in [0.1, 0.15) is 0 Å². The third-order valence-corrected chi connectivity index (χ3v) is 7.68. The molecule has 0 saturated carbocycles. The first-order valence-electron chi connectivity index (χ1n) is 14.3. The maximum atomic E-state index is 13.5. The van der Waals surface area contributed by atoms with Crippen molar-refractivity contribution >= 4 is 22.9 Å². The van der Waals surface area contributed by atoms with Gasteiger partial charge in [-0.05, 0) is 24.3 Å². The van der Waals surface area contributed by atoms with Crippen LogP contribution in [0, 0.1) is 0 Å². The number of Topliss-reactive ketones (excluding diaryl/α,β-unsaturated/α-hetero) is 2. The van der Waals surface area contributed by atoms with Gasteiger partial charge in [0, 0.05) is 72.2 Å². The van der Waals surface area contributed by atoms with Gasteiger partial charge in [-0.2, -0.15) is 0 Å². The van der Waals surface area contributed by atoms with Crippen molar-refractivity contribution in [3.8, 4) is 0 Å². The van der Waals surface area contributed by atoms with E-state index in [1.54, 1.807) is 0 Å². The fourth-order valence-corrected chi connectivity index (χ4v) is 5.50. The number of carbonyl (C=O) groups excluding carboxylic acids is 2. The lowest BCUT2D eigenvalue weighted by Crippen LogP contribution is -2.48. The molecule has 0 N–H and O–H groups in total. The van der Waals surface area contributed by atoms with Crippen LogP contribution in [0.1, 0.15) is 20.7 Å². The molecular weight excluding hydrogens is 520 g/mol. The number of benzene rings is 4. The van der Waals surface area contributed by atoms with E-state index in [0.717, 1.165) is 35.6 Å². The van der Waals surface area contributed by atoms with E-state index in [0.29, 0.717) is 37.6 Å². The van der Waals surface area contributed by atoms with Crippen molar-refractivity contribution in [1.82, 2.24) is 9.80 Å². The van der Waals surface area contributed by atoms with Crippen molar-refractivity contribution < 1.29 is 9.59 Å². The fourth-order valence-electron chi connectivity index (χ4n) is 5.50. The lowest BCUT2D eigenvalue weighted by atomic mass is 10.0. The van der Waals surface area contributed by atoms with Crippen LogP contribution in [0.5, 0.6) is 0 Å². The molecule has 42 heavy (non-hydrogen) atoms. The normalized spacial score (nSPS) is 16.1. The fraction of sp³-hybridized carbons (Fsp3) is 0.167. The summed E-state index contributed by atoms with van der Waals surface area (Å²) in [6, 6.07) is 39.3. The second kappa shape index (κ2) is 12.8. The summed E-state index contributed by atoms with van der Waals surface area (Å²) in [5.41, 5.74) is 5.02. The van der Waals surface area contributed by atoms with Crippen molar-refractivity contribution in [2.24, 2.45) is 0 Å². The van der Waals surface area contributed by atoms with Gasteiger partial charge >= 0.3 is 0 Å². The average Bonchev–Trinajstić information content (AvgIpc) is 3.08. The van der Waals surface area contributed by atoms with Gasteiger partial charge in [0.2, 0.25) is 0 Å². The van der Waals surface area contributed by atoms with E-state index in [4.69, 9.17) is 0 Å². The van der Waals surface area contributed by atoms with Crippen LogP contribution in [0.3, 0.4) is 0 Å². The van der Waals surface area contributed by atoms with Gasteiger partial charge in [-0.15, -0.1) is 0 Å². The van der Waals surface area contributed by atoms with E-state index >= 15 is 0 Å². The zero-order valence-corrected chi connectivity index (χ0v) is 23.5. The van der Waals surface area contributed by atoms with Gasteiger partial charge < -0.3 is 9.80 Å². The third kappa shape index (κ3) is 6.41. The maximum absolute atomic E-state index is 13.5. The predicted molar refractivity (Wildman–Crippen MR) is 168 cm³/mol.